The number of carbonyl (C=O) groups excluding carboxylic acids is 1. The number of halogens is 1. The van der Waals surface area contributed by atoms with Crippen molar-refractivity contribution in [2.75, 3.05) is 5.32 Å². The number of ether oxygens (including phenoxy) is 1. The monoisotopic (exact) mass is 314 g/mol. The number of hydrogen-bond acceptors (Lipinski definition) is 3. The predicted molar refractivity (Wildman–Crippen MR) is 86.1 cm³/mol. The Kier molecular flexibility index (Phi) is 5.03. The summed E-state index contributed by atoms with van der Waals surface area (Å²) in [5, 5.41) is 12.2. The maximum Gasteiger partial charge on any atom is 0.265 e. The van der Waals surface area contributed by atoms with Crippen LogP contribution in [0.1, 0.15) is 18.1 Å². The standard InChI is InChI=1S/C17H15ClN2O2/c1-11-9-14(18)5-8-16(11)20-17(21)12(2)22-15-6-3-13(10-19)4-7-15/h3-9,12H,1-2H3,(H,20,21)/t12-/m1/s1. The Morgan fingerprint density at radius 3 is 2.55 bits per heavy atom. The molecule has 0 radical (unpaired) electrons. The first-order chi connectivity index (χ1) is 10.5. The smallest absolute Gasteiger partial charge is 0.265 e. The summed E-state index contributed by atoms with van der Waals surface area (Å²) in [6.45, 7) is 3.53. The molecule has 0 unspecified atom stereocenters. The molecule has 0 aliphatic heterocycles. The van der Waals surface area contributed by atoms with Crippen LogP contribution < -0.4 is 10.1 Å². The van der Waals surface area contributed by atoms with Crippen molar-refractivity contribution >= 4 is 23.2 Å². The molecule has 1 amide bonds. The lowest BCUT2D eigenvalue weighted by Gasteiger charge is -2.16. The second-order valence-electron chi connectivity index (χ2n) is 4.84. The zero-order valence-corrected chi connectivity index (χ0v) is 13.0. The molecule has 0 saturated heterocycles. The highest BCUT2D eigenvalue weighted by Crippen LogP contribution is 2.20. The van der Waals surface area contributed by atoms with E-state index in [1.165, 1.54) is 0 Å². The molecule has 1 N–H and O–H groups in total. The molecule has 0 aliphatic carbocycles. The fourth-order valence-electron chi connectivity index (χ4n) is 1.87. The van der Waals surface area contributed by atoms with Gasteiger partial charge >= 0.3 is 0 Å². The molecule has 0 bridgehead atoms. The van der Waals surface area contributed by atoms with Gasteiger partial charge in [0.05, 0.1) is 11.6 Å². The van der Waals surface area contributed by atoms with Crippen molar-refractivity contribution in [3.8, 4) is 11.8 Å². The van der Waals surface area contributed by atoms with E-state index in [1.54, 1.807) is 49.4 Å². The maximum absolute atomic E-state index is 12.2. The molecular formula is C17H15ClN2O2. The highest BCUT2D eigenvalue weighted by molar-refractivity contribution is 6.30. The molecule has 0 fully saturated rings. The van der Waals surface area contributed by atoms with Gasteiger partial charge in [-0.05, 0) is 61.9 Å². The highest BCUT2D eigenvalue weighted by atomic mass is 35.5. The van der Waals surface area contributed by atoms with Gasteiger partial charge in [-0.1, -0.05) is 11.6 Å². The number of aryl methyl sites for hydroxylation is 1. The van der Waals surface area contributed by atoms with Gasteiger partial charge in [-0.2, -0.15) is 5.26 Å². The first-order valence-corrected chi connectivity index (χ1v) is 7.11. The van der Waals surface area contributed by atoms with E-state index in [2.05, 4.69) is 5.32 Å². The molecule has 2 aromatic carbocycles. The Morgan fingerprint density at radius 2 is 1.95 bits per heavy atom. The van der Waals surface area contributed by atoms with Crippen molar-refractivity contribution < 1.29 is 9.53 Å². The van der Waals surface area contributed by atoms with Crippen LogP contribution in [0.5, 0.6) is 5.75 Å². The minimum absolute atomic E-state index is 0.255. The largest absolute Gasteiger partial charge is 0.481 e. The van der Waals surface area contributed by atoms with Gasteiger partial charge in [-0.3, -0.25) is 4.79 Å². The van der Waals surface area contributed by atoms with Crippen molar-refractivity contribution in [1.82, 2.24) is 0 Å². The molecule has 1 atom stereocenters. The minimum Gasteiger partial charge on any atom is -0.481 e. The summed E-state index contributed by atoms with van der Waals surface area (Å²) in [6.07, 6.45) is -0.664. The third-order valence-corrected chi connectivity index (χ3v) is 3.35. The molecule has 2 rings (SSSR count). The molecule has 5 heteroatoms. The molecule has 0 spiro atoms. The number of nitrogens with one attached hydrogen (secondary N) is 1. The van der Waals surface area contributed by atoms with E-state index in [-0.39, 0.29) is 5.91 Å². The van der Waals surface area contributed by atoms with Crippen LogP contribution >= 0.6 is 11.6 Å². The van der Waals surface area contributed by atoms with Gasteiger partial charge in [0.15, 0.2) is 6.10 Å². The van der Waals surface area contributed by atoms with Crippen molar-refractivity contribution in [2.24, 2.45) is 0 Å². The Hall–Kier alpha value is -2.51. The fourth-order valence-corrected chi connectivity index (χ4v) is 2.09. The molecule has 0 saturated carbocycles. The van der Waals surface area contributed by atoms with Crippen LogP contribution in [0.2, 0.25) is 5.02 Å². The predicted octanol–water partition coefficient (Wildman–Crippen LogP) is 3.93. The average Bonchev–Trinajstić information content (AvgIpc) is 2.50. The molecule has 4 nitrogen and oxygen atoms in total. The van der Waals surface area contributed by atoms with E-state index >= 15 is 0 Å². The minimum atomic E-state index is -0.664. The van der Waals surface area contributed by atoms with Crippen LogP contribution in [0.3, 0.4) is 0 Å². The van der Waals surface area contributed by atoms with Crippen LogP contribution in [-0.2, 0) is 4.79 Å². The zero-order chi connectivity index (χ0) is 16.1. The van der Waals surface area contributed by atoms with Crippen molar-refractivity contribution in [3.05, 3.63) is 58.6 Å². The summed E-state index contributed by atoms with van der Waals surface area (Å²) in [6, 6.07) is 13.9. The van der Waals surface area contributed by atoms with Crippen molar-refractivity contribution in [1.29, 1.82) is 5.26 Å². The van der Waals surface area contributed by atoms with Gasteiger partial charge < -0.3 is 10.1 Å². The quantitative estimate of drug-likeness (QED) is 0.930. The van der Waals surface area contributed by atoms with Gasteiger partial charge in [0.25, 0.3) is 5.91 Å². The van der Waals surface area contributed by atoms with Crippen LogP contribution in [-0.4, -0.2) is 12.0 Å². The van der Waals surface area contributed by atoms with E-state index in [9.17, 15) is 4.79 Å². The van der Waals surface area contributed by atoms with Gasteiger partial charge in [-0.15, -0.1) is 0 Å². The lowest BCUT2D eigenvalue weighted by Crippen LogP contribution is -2.30. The summed E-state index contributed by atoms with van der Waals surface area (Å²) in [5.74, 6) is 0.282. The molecule has 112 valence electrons. The van der Waals surface area contributed by atoms with Crippen LogP contribution in [0.4, 0.5) is 5.69 Å². The Labute approximate surface area is 134 Å². The van der Waals surface area contributed by atoms with E-state index in [4.69, 9.17) is 21.6 Å². The van der Waals surface area contributed by atoms with E-state index in [1.807, 2.05) is 13.0 Å². The lowest BCUT2D eigenvalue weighted by molar-refractivity contribution is -0.122. The molecule has 2 aromatic rings. The number of amides is 1. The number of nitrogens with zero attached hydrogens (tertiary/aromatic N) is 1. The van der Waals surface area contributed by atoms with Crippen LogP contribution in [0.25, 0.3) is 0 Å². The Balaban J connectivity index is 2.01. The van der Waals surface area contributed by atoms with E-state index in [0.717, 1.165) is 5.56 Å². The zero-order valence-electron chi connectivity index (χ0n) is 12.3. The summed E-state index contributed by atoms with van der Waals surface area (Å²) in [4.78, 5) is 12.2. The summed E-state index contributed by atoms with van der Waals surface area (Å²) < 4.78 is 5.56. The number of carbonyl (C=O) groups is 1. The first-order valence-electron chi connectivity index (χ1n) is 6.73. The maximum atomic E-state index is 12.2. The molecule has 22 heavy (non-hydrogen) atoms. The Bertz CT molecular complexity index is 720. The molecular weight excluding hydrogens is 300 g/mol. The van der Waals surface area contributed by atoms with Crippen molar-refractivity contribution in [3.63, 3.8) is 0 Å². The van der Waals surface area contributed by atoms with E-state index < -0.39 is 6.10 Å². The van der Waals surface area contributed by atoms with Gasteiger partial charge in [0.2, 0.25) is 0 Å². The summed E-state index contributed by atoms with van der Waals surface area (Å²) in [7, 11) is 0. The van der Waals surface area contributed by atoms with Gasteiger partial charge in [-0.25, -0.2) is 0 Å². The third-order valence-electron chi connectivity index (χ3n) is 3.11. The summed E-state index contributed by atoms with van der Waals surface area (Å²) >= 11 is 5.89. The first kappa shape index (κ1) is 15.9. The van der Waals surface area contributed by atoms with Crippen LogP contribution in [0.15, 0.2) is 42.5 Å². The number of benzene rings is 2. The average molecular weight is 315 g/mol. The van der Waals surface area contributed by atoms with Gasteiger partial charge in [0.1, 0.15) is 5.75 Å². The summed E-state index contributed by atoms with van der Waals surface area (Å²) in [5.41, 5.74) is 2.12. The lowest BCUT2D eigenvalue weighted by atomic mass is 10.2. The second-order valence-corrected chi connectivity index (χ2v) is 5.28. The highest BCUT2D eigenvalue weighted by Gasteiger charge is 2.15. The second kappa shape index (κ2) is 6.97. The topological polar surface area (TPSA) is 62.1 Å². The number of hydrogen-bond donors (Lipinski definition) is 1. The van der Waals surface area contributed by atoms with Crippen molar-refractivity contribution in [2.45, 2.75) is 20.0 Å². The SMILES string of the molecule is Cc1cc(Cl)ccc1NC(=O)[C@@H](C)Oc1ccc(C#N)cc1. The third kappa shape index (κ3) is 4.00. The Morgan fingerprint density at radius 1 is 1.27 bits per heavy atom. The molecule has 0 aromatic heterocycles. The molecule has 0 aliphatic rings. The fraction of sp³-hybridized carbons (Fsp3) is 0.176. The van der Waals surface area contributed by atoms with Gasteiger partial charge in [0, 0.05) is 10.7 Å². The van der Waals surface area contributed by atoms with Crippen LogP contribution in [0, 0.1) is 18.3 Å². The molecule has 0 heterocycles. The van der Waals surface area contributed by atoms with E-state index in [0.29, 0.717) is 22.0 Å². The number of rotatable bonds is 4. The number of nitriles is 1. The normalized spacial score (nSPS) is 11.4. The number of anilines is 1.